The van der Waals surface area contributed by atoms with Crippen molar-refractivity contribution in [1.29, 1.82) is 0 Å². The molecule has 2 rings (SSSR count). The summed E-state index contributed by atoms with van der Waals surface area (Å²) in [4.78, 5) is 0. The number of rotatable bonds is 10. The Morgan fingerprint density at radius 3 is 1.19 bits per heavy atom. The summed E-state index contributed by atoms with van der Waals surface area (Å²) in [5, 5.41) is 20.6. The predicted molar refractivity (Wildman–Crippen MR) is 184 cm³/mol. The van der Waals surface area contributed by atoms with Crippen molar-refractivity contribution < 1.29 is 10.2 Å². The van der Waals surface area contributed by atoms with Crippen molar-refractivity contribution >= 4 is 0 Å². The normalized spacial score (nSPS) is 31.9. The zero-order valence-electron chi connectivity index (χ0n) is 28.3. The van der Waals surface area contributed by atoms with Crippen molar-refractivity contribution in [2.75, 3.05) is 0 Å². The Morgan fingerprint density at radius 1 is 0.524 bits per heavy atom. The first-order chi connectivity index (χ1) is 19.6. The fourth-order valence-electron chi connectivity index (χ4n) is 6.52. The first-order valence-electron chi connectivity index (χ1n) is 16.1. The van der Waals surface area contributed by atoms with Gasteiger partial charge in [-0.2, -0.15) is 0 Å². The molecule has 0 spiro atoms. The van der Waals surface area contributed by atoms with E-state index in [1.54, 1.807) is 0 Å². The lowest BCUT2D eigenvalue weighted by atomic mass is 9.63. The van der Waals surface area contributed by atoms with Crippen LogP contribution in [0.1, 0.15) is 94.9 Å². The van der Waals surface area contributed by atoms with Crippen molar-refractivity contribution in [3.05, 3.63) is 107 Å². The molecule has 2 aliphatic carbocycles. The number of hydrogen-bond donors (Lipinski definition) is 2. The summed E-state index contributed by atoms with van der Waals surface area (Å²) in [7, 11) is 0. The molecule has 2 nitrogen and oxygen atoms in total. The smallest absolute Gasteiger partial charge is 0.0571 e. The monoisotopic (exact) mass is 572 g/mol. The van der Waals surface area contributed by atoms with Gasteiger partial charge in [0.1, 0.15) is 0 Å². The van der Waals surface area contributed by atoms with Crippen LogP contribution in [0.25, 0.3) is 0 Å². The van der Waals surface area contributed by atoms with Crippen LogP contribution in [0.3, 0.4) is 0 Å². The highest BCUT2D eigenvalue weighted by Gasteiger charge is 2.40. The summed E-state index contributed by atoms with van der Waals surface area (Å²) in [5.41, 5.74) is 5.27. The van der Waals surface area contributed by atoms with E-state index < -0.39 is 0 Å². The minimum absolute atomic E-state index is 0.194. The lowest BCUT2D eigenvalue weighted by Crippen LogP contribution is -2.40. The van der Waals surface area contributed by atoms with E-state index in [2.05, 4.69) is 154 Å². The minimum Gasteiger partial charge on any atom is -0.393 e. The Balaban J connectivity index is 1.88. The quantitative estimate of drug-likeness (QED) is 0.256. The van der Waals surface area contributed by atoms with Crippen molar-refractivity contribution in [1.82, 2.24) is 0 Å². The Bertz CT molecular complexity index is 1050. The standard InChI is InChI=1S/C40H60O2/c1-29(17-13-19-31(3)21-23-35-33(5)37(41)25-27-39(35,7)8)15-11-12-16-30(2)18-14-20-32(4)22-24-36-34(6)38(42)26-28-40(36,9)10/h11-24,33-38,41-42H,25-28H2,1-10H3/b12-11+,17-13+,18-14+,23-21+,24-22+,29-15+,30-16+,31-19+,32-20+/t33-,34-,35-,36+,37-,38-/m0/s1. The van der Waals surface area contributed by atoms with Crippen molar-refractivity contribution in [3.8, 4) is 0 Å². The second-order valence-electron chi connectivity index (χ2n) is 14.4. The minimum atomic E-state index is -0.194. The van der Waals surface area contributed by atoms with Crippen LogP contribution >= 0.6 is 0 Å². The molecule has 2 heteroatoms. The van der Waals surface area contributed by atoms with Crippen molar-refractivity contribution in [2.24, 2.45) is 34.5 Å². The molecule has 42 heavy (non-hydrogen) atoms. The third-order valence-corrected chi connectivity index (χ3v) is 9.72. The molecule has 0 aromatic rings. The first-order valence-corrected chi connectivity index (χ1v) is 16.1. The van der Waals surface area contributed by atoms with E-state index >= 15 is 0 Å². The third kappa shape index (κ3) is 11.3. The fraction of sp³-hybridized carbons (Fsp3) is 0.550. The Morgan fingerprint density at radius 2 is 0.833 bits per heavy atom. The molecule has 2 fully saturated rings. The molecule has 0 aromatic carbocycles. The van der Waals surface area contributed by atoms with Gasteiger partial charge in [-0.05, 0) is 87.9 Å². The highest BCUT2D eigenvalue weighted by molar-refractivity contribution is 5.32. The highest BCUT2D eigenvalue weighted by atomic mass is 16.3. The summed E-state index contributed by atoms with van der Waals surface area (Å²) in [6, 6.07) is 0. The molecule has 232 valence electrons. The van der Waals surface area contributed by atoms with E-state index in [1.807, 2.05) is 0 Å². The number of aliphatic hydroxyl groups is 2. The van der Waals surface area contributed by atoms with Crippen LogP contribution in [0, 0.1) is 34.5 Å². The van der Waals surface area contributed by atoms with Gasteiger partial charge in [0.2, 0.25) is 0 Å². The van der Waals surface area contributed by atoms with Gasteiger partial charge in [0, 0.05) is 0 Å². The second kappa shape index (κ2) is 16.4. The van der Waals surface area contributed by atoms with E-state index in [4.69, 9.17) is 0 Å². The van der Waals surface area contributed by atoms with Crippen molar-refractivity contribution in [3.63, 3.8) is 0 Å². The van der Waals surface area contributed by atoms with Gasteiger partial charge in [0.05, 0.1) is 12.2 Å². The summed E-state index contributed by atoms with van der Waals surface area (Å²) < 4.78 is 0. The van der Waals surface area contributed by atoms with Crippen LogP contribution in [-0.4, -0.2) is 22.4 Å². The molecule has 2 saturated carbocycles. The van der Waals surface area contributed by atoms with Crippen LogP contribution in [0.15, 0.2) is 107 Å². The van der Waals surface area contributed by atoms with E-state index in [1.165, 1.54) is 22.3 Å². The maximum Gasteiger partial charge on any atom is 0.0571 e. The molecule has 0 bridgehead atoms. The van der Waals surface area contributed by atoms with Gasteiger partial charge >= 0.3 is 0 Å². The zero-order valence-corrected chi connectivity index (χ0v) is 28.3. The van der Waals surface area contributed by atoms with Gasteiger partial charge < -0.3 is 10.2 Å². The number of allylic oxidation sites excluding steroid dienone is 18. The SMILES string of the molecule is CC(/C=C/C=C(C)/C=C/[C@@H]1[C@H](C)[C@@H](O)CCC1(C)C)=C\C=C\C=C(C)\C=C\C=C(C)\C=C\[C@H]1[C@H](C)[C@@H](O)CCC1(C)C. The highest BCUT2D eigenvalue weighted by Crippen LogP contribution is 2.45. The van der Waals surface area contributed by atoms with Gasteiger partial charge in [0.15, 0.2) is 0 Å². The molecular weight excluding hydrogens is 512 g/mol. The molecule has 0 aliphatic heterocycles. The molecule has 0 amide bonds. The van der Waals surface area contributed by atoms with Gasteiger partial charge in [-0.3, -0.25) is 0 Å². The maximum atomic E-state index is 10.3. The van der Waals surface area contributed by atoms with Crippen LogP contribution in [0.4, 0.5) is 0 Å². The summed E-state index contributed by atoms with van der Waals surface area (Å²) in [5.74, 6) is 1.37. The topological polar surface area (TPSA) is 40.5 Å². The van der Waals surface area contributed by atoms with Crippen molar-refractivity contribution in [2.45, 2.75) is 107 Å². The van der Waals surface area contributed by atoms with E-state index in [-0.39, 0.29) is 23.0 Å². The van der Waals surface area contributed by atoms with Gasteiger partial charge in [0.25, 0.3) is 0 Å². The lowest BCUT2D eigenvalue weighted by Gasteiger charge is -2.44. The molecule has 0 radical (unpaired) electrons. The maximum absolute atomic E-state index is 10.3. The second-order valence-corrected chi connectivity index (χ2v) is 14.4. The Labute approximate surface area is 258 Å². The molecule has 2 N–H and O–H groups in total. The number of aliphatic hydroxyl groups excluding tert-OH is 2. The number of hydrogen-bond acceptors (Lipinski definition) is 2. The van der Waals surface area contributed by atoms with Gasteiger partial charge in [-0.1, -0.05) is 149 Å². The van der Waals surface area contributed by atoms with Crippen LogP contribution in [0.5, 0.6) is 0 Å². The van der Waals surface area contributed by atoms with Crippen LogP contribution in [0.2, 0.25) is 0 Å². The molecule has 6 atom stereocenters. The molecule has 0 saturated heterocycles. The molecule has 0 heterocycles. The fourth-order valence-corrected chi connectivity index (χ4v) is 6.52. The van der Waals surface area contributed by atoms with E-state index in [0.29, 0.717) is 23.7 Å². The first kappa shape index (κ1) is 35.8. The summed E-state index contributed by atoms with van der Waals surface area (Å²) in [6.07, 6.45) is 33.8. The average molecular weight is 573 g/mol. The van der Waals surface area contributed by atoms with Crippen LogP contribution in [-0.2, 0) is 0 Å². The molecule has 0 aromatic heterocycles. The molecule has 0 unspecified atom stereocenters. The summed E-state index contributed by atoms with van der Waals surface area (Å²) in [6.45, 7) is 22.1. The van der Waals surface area contributed by atoms with E-state index in [0.717, 1.165) is 25.7 Å². The Kier molecular flexibility index (Phi) is 14.0. The van der Waals surface area contributed by atoms with E-state index in [9.17, 15) is 10.2 Å². The average Bonchev–Trinajstić information content (AvgIpc) is 2.91. The Hall–Kier alpha value is -2.42. The third-order valence-electron chi connectivity index (χ3n) is 9.72. The predicted octanol–water partition coefficient (Wildman–Crippen LogP) is 10.4. The molecule has 2 aliphatic rings. The molecular formula is C40H60O2. The van der Waals surface area contributed by atoms with Crippen LogP contribution < -0.4 is 0 Å². The van der Waals surface area contributed by atoms with Gasteiger partial charge in [-0.15, -0.1) is 0 Å². The largest absolute Gasteiger partial charge is 0.393 e. The van der Waals surface area contributed by atoms with Gasteiger partial charge in [-0.25, -0.2) is 0 Å². The summed E-state index contributed by atoms with van der Waals surface area (Å²) >= 11 is 0. The lowest BCUT2D eigenvalue weighted by molar-refractivity contribution is -0.00432. The zero-order chi connectivity index (χ0) is 31.5.